The van der Waals surface area contributed by atoms with E-state index in [0.717, 1.165) is 6.42 Å². The Morgan fingerprint density at radius 2 is 1.77 bits per heavy atom. The summed E-state index contributed by atoms with van der Waals surface area (Å²) in [4.78, 5) is 0. The summed E-state index contributed by atoms with van der Waals surface area (Å²) in [5.74, 6) is 0. The van der Waals surface area contributed by atoms with Crippen molar-refractivity contribution in [3.05, 3.63) is 0 Å². The highest BCUT2D eigenvalue weighted by Gasteiger charge is 2.48. The fourth-order valence-electron chi connectivity index (χ4n) is 1.22. The molecule has 0 unspecified atom stereocenters. The van der Waals surface area contributed by atoms with Crippen LogP contribution in [-0.4, -0.2) is 18.2 Å². The molecule has 1 N–H and O–H groups in total. The van der Waals surface area contributed by atoms with Crippen molar-refractivity contribution in [3.63, 3.8) is 0 Å². The first kappa shape index (κ1) is 11.3. The Labute approximate surface area is 84.9 Å². The van der Waals surface area contributed by atoms with Crippen LogP contribution in [0.4, 0.5) is 0 Å². The Bertz CT molecular complexity index is 288. The Hall–Kier alpha value is 0.200. The Kier molecular flexibility index (Phi) is 2.69. The molecule has 1 aliphatic rings. The third-order valence-corrected chi connectivity index (χ3v) is 5.26. The highest BCUT2D eigenvalue weighted by Crippen LogP contribution is 2.42. The minimum atomic E-state index is -3.37. The number of halogens is 1. The van der Waals surface area contributed by atoms with Crippen LogP contribution < -0.4 is 4.72 Å². The number of sulfonamides is 1. The summed E-state index contributed by atoms with van der Waals surface area (Å²) in [6, 6.07) is 0. The van der Waals surface area contributed by atoms with Crippen molar-refractivity contribution in [1.29, 1.82) is 0 Å². The summed E-state index contributed by atoms with van der Waals surface area (Å²) in [7, 11) is -3.37. The van der Waals surface area contributed by atoms with E-state index in [0.29, 0.717) is 12.8 Å². The molecule has 0 atom stereocenters. The molecule has 0 aromatic carbocycles. The normalized spacial score (nSPS) is 22.5. The lowest BCUT2D eigenvalue weighted by Gasteiger charge is -2.37. The van der Waals surface area contributed by atoms with Gasteiger partial charge in [-0.1, -0.05) is 0 Å². The lowest BCUT2D eigenvalue weighted by Crippen LogP contribution is -2.52. The standard InChI is InChI=1S/C8H16ClNO2S/c1-7(2,3)10-13(11,12)8(9)5-4-6-8/h10H,4-6H2,1-3H3. The fourth-order valence-corrected chi connectivity index (χ4v) is 3.42. The van der Waals surface area contributed by atoms with Gasteiger partial charge in [-0.05, 0) is 40.0 Å². The maximum absolute atomic E-state index is 11.7. The zero-order chi connectivity index (χ0) is 10.3. The molecule has 0 radical (unpaired) electrons. The molecule has 0 spiro atoms. The molecular formula is C8H16ClNO2S. The van der Waals surface area contributed by atoms with Gasteiger partial charge in [-0.2, -0.15) is 0 Å². The molecule has 1 rings (SSSR count). The summed E-state index contributed by atoms with van der Waals surface area (Å²) >= 11 is 5.95. The smallest absolute Gasteiger partial charge is 0.211 e. The van der Waals surface area contributed by atoms with Gasteiger partial charge in [0, 0.05) is 5.54 Å². The van der Waals surface area contributed by atoms with Gasteiger partial charge >= 0.3 is 0 Å². The van der Waals surface area contributed by atoms with Crippen LogP contribution in [0, 0.1) is 0 Å². The molecule has 3 nitrogen and oxygen atoms in total. The van der Waals surface area contributed by atoms with Gasteiger partial charge in [0.15, 0.2) is 4.21 Å². The minimum absolute atomic E-state index is 0.448. The Balaban J connectivity index is 2.78. The minimum Gasteiger partial charge on any atom is -0.211 e. The van der Waals surface area contributed by atoms with Crippen LogP contribution in [0.5, 0.6) is 0 Å². The lowest BCUT2D eigenvalue weighted by molar-refractivity contribution is 0.412. The van der Waals surface area contributed by atoms with Crippen LogP contribution in [0.2, 0.25) is 0 Å². The van der Waals surface area contributed by atoms with Crippen molar-refractivity contribution in [1.82, 2.24) is 4.72 Å². The fraction of sp³-hybridized carbons (Fsp3) is 1.00. The van der Waals surface area contributed by atoms with E-state index in [9.17, 15) is 8.42 Å². The van der Waals surface area contributed by atoms with Crippen LogP contribution in [-0.2, 0) is 10.0 Å². The average molecular weight is 226 g/mol. The summed E-state index contributed by atoms with van der Waals surface area (Å²) in [5.41, 5.74) is -0.448. The van der Waals surface area contributed by atoms with Gasteiger partial charge in [-0.25, -0.2) is 13.1 Å². The number of nitrogens with one attached hydrogen (secondary N) is 1. The molecule has 0 saturated heterocycles. The van der Waals surface area contributed by atoms with E-state index in [1.165, 1.54) is 0 Å². The van der Waals surface area contributed by atoms with E-state index in [2.05, 4.69) is 4.72 Å². The van der Waals surface area contributed by atoms with Crippen LogP contribution in [0.1, 0.15) is 40.0 Å². The molecule has 1 fully saturated rings. The first-order valence-corrected chi connectivity index (χ1v) is 6.25. The van der Waals surface area contributed by atoms with Gasteiger partial charge in [-0.15, -0.1) is 11.6 Å². The Morgan fingerprint density at radius 1 is 1.31 bits per heavy atom. The van der Waals surface area contributed by atoms with E-state index in [-0.39, 0.29) is 0 Å². The van der Waals surface area contributed by atoms with E-state index in [4.69, 9.17) is 11.6 Å². The first-order chi connectivity index (χ1) is 5.66. The van der Waals surface area contributed by atoms with Crippen molar-refractivity contribution < 1.29 is 8.42 Å². The van der Waals surface area contributed by atoms with Gasteiger partial charge in [0.05, 0.1) is 0 Å². The summed E-state index contributed by atoms with van der Waals surface area (Å²) in [5, 5.41) is 0. The molecule has 1 saturated carbocycles. The zero-order valence-electron chi connectivity index (χ0n) is 8.22. The second kappa shape index (κ2) is 3.11. The number of hydrogen-bond acceptors (Lipinski definition) is 2. The predicted molar refractivity (Wildman–Crippen MR) is 54.2 cm³/mol. The third-order valence-electron chi connectivity index (χ3n) is 2.02. The molecule has 0 aliphatic heterocycles. The van der Waals surface area contributed by atoms with Gasteiger partial charge in [0.2, 0.25) is 10.0 Å². The van der Waals surface area contributed by atoms with Crippen molar-refractivity contribution in [2.45, 2.75) is 49.8 Å². The van der Waals surface area contributed by atoms with Crippen molar-refractivity contribution in [3.8, 4) is 0 Å². The average Bonchev–Trinajstić information content (AvgIpc) is 1.76. The molecule has 1 aliphatic carbocycles. The summed E-state index contributed by atoms with van der Waals surface area (Å²) in [6.07, 6.45) is 2.01. The number of alkyl halides is 1. The zero-order valence-corrected chi connectivity index (χ0v) is 9.80. The summed E-state index contributed by atoms with van der Waals surface area (Å²) in [6.45, 7) is 5.43. The number of rotatable bonds is 2. The Morgan fingerprint density at radius 3 is 2.00 bits per heavy atom. The predicted octanol–water partition coefficient (Wildman–Crippen LogP) is 1.82. The quantitative estimate of drug-likeness (QED) is 0.729. The third kappa shape index (κ3) is 2.36. The topological polar surface area (TPSA) is 46.2 Å². The van der Waals surface area contributed by atoms with Crippen molar-refractivity contribution in [2.24, 2.45) is 0 Å². The van der Waals surface area contributed by atoms with Gasteiger partial charge in [0.1, 0.15) is 0 Å². The van der Waals surface area contributed by atoms with E-state index >= 15 is 0 Å². The first-order valence-electron chi connectivity index (χ1n) is 4.39. The largest absolute Gasteiger partial charge is 0.231 e. The molecule has 0 amide bonds. The molecule has 0 bridgehead atoms. The highest BCUT2D eigenvalue weighted by atomic mass is 35.5. The molecule has 13 heavy (non-hydrogen) atoms. The maximum atomic E-state index is 11.7. The van der Waals surface area contributed by atoms with Gasteiger partial charge < -0.3 is 0 Å². The van der Waals surface area contributed by atoms with E-state index in [1.54, 1.807) is 0 Å². The monoisotopic (exact) mass is 225 g/mol. The highest BCUT2D eigenvalue weighted by molar-refractivity contribution is 7.92. The van der Waals surface area contributed by atoms with E-state index in [1.807, 2.05) is 20.8 Å². The van der Waals surface area contributed by atoms with Crippen molar-refractivity contribution in [2.75, 3.05) is 0 Å². The van der Waals surface area contributed by atoms with Gasteiger partial charge in [0.25, 0.3) is 0 Å². The molecular weight excluding hydrogens is 210 g/mol. The van der Waals surface area contributed by atoms with Gasteiger partial charge in [-0.3, -0.25) is 0 Å². The van der Waals surface area contributed by atoms with Crippen molar-refractivity contribution >= 4 is 21.6 Å². The second-order valence-electron chi connectivity index (χ2n) is 4.59. The summed E-state index contributed by atoms with van der Waals surface area (Å²) < 4.78 is 25.0. The molecule has 5 heteroatoms. The number of hydrogen-bond donors (Lipinski definition) is 1. The van der Waals surface area contributed by atoms with Crippen LogP contribution >= 0.6 is 11.6 Å². The molecule has 0 aromatic heterocycles. The molecule has 0 aromatic rings. The van der Waals surface area contributed by atoms with Crippen LogP contribution in [0.25, 0.3) is 0 Å². The van der Waals surface area contributed by atoms with E-state index < -0.39 is 19.8 Å². The second-order valence-corrected chi connectivity index (χ2v) is 7.53. The lowest BCUT2D eigenvalue weighted by atomic mass is 9.99. The molecule has 78 valence electrons. The molecule has 0 heterocycles. The van der Waals surface area contributed by atoms with Crippen LogP contribution in [0.15, 0.2) is 0 Å². The van der Waals surface area contributed by atoms with Crippen LogP contribution in [0.3, 0.4) is 0 Å². The SMILES string of the molecule is CC(C)(C)NS(=O)(=O)C1(Cl)CCC1. The maximum Gasteiger partial charge on any atom is 0.231 e.